The van der Waals surface area contributed by atoms with Crippen molar-refractivity contribution >= 4 is 35.1 Å². The van der Waals surface area contributed by atoms with Crippen LogP contribution in [0.2, 0.25) is 0 Å². The highest BCUT2D eigenvalue weighted by Crippen LogP contribution is 2.30. The second-order valence-corrected chi connectivity index (χ2v) is 8.15. The van der Waals surface area contributed by atoms with E-state index in [0.717, 1.165) is 11.3 Å². The lowest BCUT2D eigenvalue weighted by atomic mass is 10.0. The van der Waals surface area contributed by atoms with Gasteiger partial charge in [0.1, 0.15) is 0 Å². The third-order valence-corrected chi connectivity index (χ3v) is 4.69. The number of anilines is 2. The van der Waals surface area contributed by atoms with Crippen LogP contribution in [0.3, 0.4) is 0 Å². The highest BCUT2D eigenvalue weighted by atomic mass is 16.5. The summed E-state index contributed by atoms with van der Waals surface area (Å²) in [6, 6.07) is 13.0. The Bertz CT molecular complexity index is 1060. The third-order valence-electron chi connectivity index (χ3n) is 4.69. The number of aliphatic carboxylic acids is 2. The normalized spacial score (nSPS) is 10.2. The zero-order chi connectivity index (χ0) is 28.0. The molecule has 0 aliphatic rings. The molecule has 0 atom stereocenters. The van der Waals surface area contributed by atoms with Crippen LogP contribution in [-0.4, -0.2) is 72.2 Å². The average Bonchev–Trinajstić information content (AvgIpc) is 2.81. The number of hydrogen-bond donors (Lipinski definition) is 4. The molecule has 2 amide bonds. The van der Waals surface area contributed by atoms with Gasteiger partial charge in [-0.3, -0.25) is 14.5 Å². The van der Waals surface area contributed by atoms with Gasteiger partial charge in [0.15, 0.2) is 11.5 Å². The van der Waals surface area contributed by atoms with E-state index in [0.29, 0.717) is 36.3 Å². The van der Waals surface area contributed by atoms with Gasteiger partial charge in [0.05, 0.1) is 26.3 Å². The molecule has 0 aliphatic heterocycles. The molecular formula is C26H35N3O8. The van der Waals surface area contributed by atoms with Gasteiger partial charge in [-0.1, -0.05) is 32.0 Å². The number of likely N-dealkylation sites (N-methyl/N-ethyl adjacent to an activating group) is 1. The lowest BCUT2D eigenvalue weighted by Gasteiger charge is -2.18. The smallest absolute Gasteiger partial charge is 0.414 e. The Kier molecular flexibility index (Phi) is 13.2. The number of hydrogen-bond acceptors (Lipinski definition) is 7. The van der Waals surface area contributed by atoms with Crippen molar-refractivity contribution in [3.05, 3.63) is 48.0 Å². The molecule has 4 N–H and O–H groups in total. The molecule has 0 saturated heterocycles. The summed E-state index contributed by atoms with van der Waals surface area (Å²) in [6.07, 6.45) is 0. The number of rotatable bonds is 11. The van der Waals surface area contributed by atoms with Gasteiger partial charge in [-0.2, -0.15) is 0 Å². The first kappa shape index (κ1) is 30.9. The zero-order valence-corrected chi connectivity index (χ0v) is 21.7. The molecule has 2 aromatic carbocycles. The molecule has 0 unspecified atom stereocenters. The van der Waals surface area contributed by atoms with E-state index >= 15 is 0 Å². The van der Waals surface area contributed by atoms with Crippen molar-refractivity contribution in [3.8, 4) is 11.5 Å². The van der Waals surface area contributed by atoms with Gasteiger partial charge in [-0.15, -0.1) is 0 Å². The van der Waals surface area contributed by atoms with Crippen LogP contribution in [0, 0.1) is 0 Å². The van der Waals surface area contributed by atoms with Crippen molar-refractivity contribution in [2.24, 2.45) is 0 Å². The van der Waals surface area contributed by atoms with Gasteiger partial charge in [-0.05, 0) is 50.6 Å². The van der Waals surface area contributed by atoms with Gasteiger partial charge < -0.3 is 30.3 Å². The second-order valence-electron chi connectivity index (χ2n) is 8.15. The Morgan fingerprint density at radius 3 is 1.92 bits per heavy atom. The van der Waals surface area contributed by atoms with Crippen LogP contribution >= 0.6 is 0 Å². The number of nitrogens with zero attached hydrogens (tertiary/aromatic N) is 1. The SMILES string of the molecule is CCOc1ccc(NC(=O)CN(C)CC(=O)Nc2ccccc2C(C)C)cc1OCC.O=C(O)C(=O)O. The fourth-order valence-electron chi connectivity index (χ4n) is 3.18. The molecule has 0 fully saturated rings. The number of carboxylic acids is 2. The van der Waals surface area contributed by atoms with E-state index < -0.39 is 11.9 Å². The molecule has 0 heterocycles. The van der Waals surface area contributed by atoms with E-state index in [1.54, 1.807) is 30.1 Å². The molecule has 11 heteroatoms. The number of carboxylic acid groups (broad SMARTS) is 2. The number of benzene rings is 2. The van der Waals surface area contributed by atoms with Gasteiger partial charge in [0, 0.05) is 17.4 Å². The number of carbonyl (C=O) groups excluding carboxylic acids is 2. The van der Waals surface area contributed by atoms with Crippen molar-refractivity contribution in [2.75, 3.05) is 44.0 Å². The molecule has 0 bridgehead atoms. The molecule has 2 aromatic rings. The first-order valence-electron chi connectivity index (χ1n) is 11.7. The first-order chi connectivity index (χ1) is 17.5. The van der Waals surface area contributed by atoms with E-state index in [2.05, 4.69) is 24.5 Å². The maximum Gasteiger partial charge on any atom is 0.414 e. The predicted molar refractivity (Wildman–Crippen MR) is 139 cm³/mol. The molecule has 11 nitrogen and oxygen atoms in total. The second kappa shape index (κ2) is 15.8. The highest BCUT2D eigenvalue weighted by molar-refractivity contribution is 6.27. The van der Waals surface area contributed by atoms with E-state index in [1.807, 2.05) is 38.1 Å². The molecule has 0 spiro atoms. The summed E-state index contributed by atoms with van der Waals surface area (Å²) in [5.74, 6) is -2.51. The van der Waals surface area contributed by atoms with Crippen LogP contribution in [0.15, 0.2) is 42.5 Å². The van der Waals surface area contributed by atoms with E-state index in [-0.39, 0.29) is 24.9 Å². The Balaban J connectivity index is 0.00000102. The minimum absolute atomic E-state index is 0.0798. The molecule has 2 rings (SSSR count). The maximum absolute atomic E-state index is 12.4. The van der Waals surface area contributed by atoms with Crippen molar-refractivity contribution in [1.29, 1.82) is 0 Å². The van der Waals surface area contributed by atoms with Gasteiger partial charge in [0.2, 0.25) is 11.8 Å². The summed E-state index contributed by atoms with van der Waals surface area (Å²) in [5.41, 5.74) is 2.50. The van der Waals surface area contributed by atoms with Crippen molar-refractivity contribution in [2.45, 2.75) is 33.6 Å². The minimum Gasteiger partial charge on any atom is -0.490 e. The van der Waals surface area contributed by atoms with Crippen LogP contribution in [0.4, 0.5) is 11.4 Å². The lowest BCUT2D eigenvalue weighted by molar-refractivity contribution is -0.159. The highest BCUT2D eigenvalue weighted by Gasteiger charge is 2.14. The van der Waals surface area contributed by atoms with E-state index in [4.69, 9.17) is 29.3 Å². The topological polar surface area (TPSA) is 154 Å². The molecule has 202 valence electrons. The van der Waals surface area contributed by atoms with Crippen LogP contribution in [0.25, 0.3) is 0 Å². The summed E-state index contributed by atoms with van der Waals surface area (Å²) in [7, 11) is 1.73. The van der Waals surface area contributed by atoms with Gasteiger partial charge in [-0.25, -0.2) is 9.59 Å². The largest absolute Gasteiger partial charge is 0.490 e. The number of ether oxygens (including phenoxy) is 2. The number of nitrogens with one attached hydrogen (secondary N) is 2. The zero-order valence-electron chi connectivity index (χ0n) is 21.7. The van der Waals surface area contributed by atoms with Crippen LogP contribution in [0.1, 0.15) is 39.2 Å². The van der Waals surface area contributed by atoms with Gasteiger partial charge in [0.25, 0.3) is 0 Å². The molecular weight excluding hydrogens is 482 g/mol. The fraction of sp³-hybridized carbons (Fsp3) is 0.385. The summed E-state index contributed by atoms with van der Waals surface area (Å²) in [6.45, 7) is 9.16. The molecule has 0 saturated carbocycles. The number of amides is 2. The quantitative estimate of drug-likeness (QED) is 0.329. The Hall–Kier alpha value is -4.12. The fourth-order valence-corrected chi connectivity index (χ4v) is 3.18. The van der Waals surface area contributed by atoms with Gasteiger partial charge >= 0.3 is 11.9 Å². The standard InChI is InChI=1S/C24H33N3O4.C2H2O4/c1-6-30-21-13-12-18(14-22(21)31-7-2)25-23(28)15-27(5)16-24(29)26-20-11-9-8-10-19(20)17(3)4;3-1(4)2(5)6/h8-14,17H,6-7,15-16H2,1-5H3,(H,25,28)(H,26,29);(H,3,4)(H,5,6). The average molecular weight is 518 g/mol. The number of para-hydroxylation sites is 1. The Labute approximate surface area is 216 Å². The Morgan fingerprint density at radius 1 is 0.838 bits per heavy atom. The van der Waals surface area contributed by atoms with E-state index in [1.165, 1.54) is 0 Å². The van der Waals surface area contributed by atoms with Crippen molar-refractivity contribution < 1.29 is 38.9 Å². The predicted octanol–water partition coefficient (Wildman–Crippen LogP) is 3.27. The minimum atomic E-state index is -1.82. The molecule has 0 aliphatic carbocycles. The van der Waals surface area contributed by atoms with E-state index in [9.17, 15) is 9.59 Å². The van der Waals surface area contributed by atoms with Crippen molar-refractivity contribution in [1.82, 2.24) is 4.90 Å². The maximum atomic E-state index is 12.4. The summed E-state index contributed by atoms with van der Waals surface area (Å²) in [4.78, 5) is 44.7. The summed E-state index contributed by atoms with van der Waals surface area (Å²) < 4.78 is 11.1. The van der Waals surface area contributed by atoms with Crippen LogP contribution < -0.4 is 20.1 Å². The summed E-state index contributed by atoms with van der Waals surface area (Å²) >= 11 is 0. The summed E-state index contributed by atoms with van der Waals surface area (Å²) in [5, 5.41) is 20.6. The van der Waals surface area contributed by atoms with Crippen LogP contribution in [0.5, 0.6) is 11.5 Å². The monoisotopic (exact) mass is 517 g/mol. The molecule has 0 aromatic heterocycles. The Morgan fingerprint density at radius 2 is 1.38 bits per heavy atom. The molecule has 37 heavy (non-hydrogen) atoms. The number of carbonyl (C=O) groups is 4. The van der Waals surface area contributed by atoms with Crippen LogP contribution in [-0.2, 0) is 19.2 Å². The third kappa shape index (κ3) is 11.4. The van der Waals surface area contributed by atoms with Crippen molar-refractivity contribution in [3.63, 3.8) is 0 Å². The first-order valence-corrected chi connectivity index (χ1v) is 11.7. The molecule has 0 radical (unpaired) electrons. The lowest BCUT2D eigenvalue weighted by Crippen LogP contribution is -2.36.